The molecule has 0 aromatic rings. The van der Waals surface area contributed by atoms with Gasteiger partial charge in [0.15, 0.2) is 0 Å². The van der Waals surface area contributed by atoms with E-state index >= 15 is 0 Å². The van der Waals surface area contributed by atoms with Gasteiger partial charge in [-0.25, -0.2) is 0 Å². The van der Waals surface area contributed by atoms with Crippen molar-refractivity contribution in [2.75, 3.05) is 19.6 Å². The number of hydrogen-bond donors (Lipinski definition) is 1. The number of hydrogen-bond acceptors (Lipinski definition) is 2. The van der Waals surface area contributed by atoms with Crippen LogP contribution in [-0.2, 0) is 4.79 Å². The van der Waals surface area contributed by atoms with Crippen molar-refractivity contribution in [2.24, 2.45) is 23.0 Å². The summed E-state index contributed by atoms with van der Waals surface area (Å²) < 4.78 is 0. The van der Waals surface area contributed by atoms with Crippen molar-refractivity contribution in [3.05, 3.63) is 0 Å². The normalized spacial score (nSPS) is 32.3. The molecule has 2 rings (SSSR count). The van der Waals surface area contributed by atoms with Crippen LogP contribution in [0.5, 0.6) is 0 Å². The molecule has 3 nitrogen and oxygen atoms in total. The second-order valence-electron chi connectivity index (χ2n) is 6.88. The average molecular weight is 252 g/mol. The lowest BCUT2D eigenvalue weighted by Crippen LogP contribution is -2.47. The van der Waals surface area contributed by atoms with Crippen LogP contribution in [0.1, 0.15) is 52.4 Å². The predicted octanol–water partition coefficient (Wildman–Crippen LogP) is 2.40. The molecule has 1 aliphatic carbocycles. The van der Waals surface area contributed by atoms with Gasteiger partial charge < -0.3 is 10.6 Å². The van der Waals surface area contributed by atoms with E-state index in [0.29, 0.717) is 23.8 Å². The number of piperidine rings is 1. The first kappa shape index (κ1) is 13.9. The molecule has 1 heterocycles. The van der Waals surface area contributed by atoms with Gasteiger partial charge in [0.2, 0.25) is 5.91 Å². The minimum absolute atomic E-state index is 0.213. The Morgan fingerprint density at radius 3 is 2.44 bits per heavy atom. The van der Waals surface area contributed by atoms with E-state index in [0.717, 1.165) is 38.8 Å². The van der Waals surface area contributed by atoms with Crippen LogP contribution in [0, 0.1) is 17.3 Å². The quantitative estimate of drug-likeness (QED) is 0.820. The summed E-state index contributed by atoms with van der Waals surface area (Å²) in [5, 5.41) is 0. The van der Waals surface area contributed by atoms with Crippen molar-refractivity contribution in [3.8, 4) is 0 Å². The molecule has 0 spiro atoms. The van der Waals surface area contributed by atoms with Crippen LogP contribution in [0.15, 0.2) is 0 Å². The fourth-order valence-electron chi connectivity index (χ4n) is 3.38. The number of amides is 1. The fourth-order valence-corrected chi connectivity index (χ4v) is 3.38. The summed E-state index contributed by atoms with van der Waals surface area (Å²) in [4.78, 5) is 14.7. The summed E-state index contributed by atoms with van der Waals surface area (Å²) in [5.41, 5.74) is 6.25. The second-order valence-corrected chi connectivity index (χ2v) is 6.88. The fraction of sp³-hybridized carbons (Fsp3) is 0.933. The molecule has 1 saturated carbocycles. The number of nitrogens with two attached hydrogens (primary N) is 1. The summed E-state index contributed by atoms with van der Waals surface area (Å²) in [6.45, 7) is 7.17. The summed E-state index contributed by atoms with van der Waals surface area (Å²) in [6.07, 6.45) is 6.93. The minimum atomic E-state index is 0.213. The van der Waals surface area contributed by atoms with E-state index < -0.39 is 0 Å². The van der Waals surface area contributed by atoms with Crippen LogP contribution in [-0.4, -0.2) is 30.4 Å². The lowest BCUT2D eigenvalue weighted by atomic mass is 9.77. The zero-order chi connectivity index (χ0) is 13.2. The Kier molecular flexibility index (Phi) is 4.31. The van der Waals surface area contributed by atoms with E-state index in [1.54, 1.807) is 0 Å². The van der Waals surface area contributed by atoms with Gasteiger partial charge in [0.05, 0.1) is 0 Å². The lowest BCUT2D eigenvalue weighted by molar-refractivity contribution is -0.140. The zero-order valence-electron chi connectivity index (χ0n) is 12.0. The van der Waals surface area contributed by atoms with Crippen molar-refractivity contribution < 1.29 is 4.79 Å². The van der Waals surface area contributed by atoms with Gasteiger partial charge in [-0.1, -0.05) is 26.7 Å². The number of carbonyl (C=O) groups is 1. The molecule has 3 heteroatoms. The Morgan fingerprint density at radius 1 is 1.22 bits per heavy atom. The topological polar surface area (TPSA) is 46.3 Å². The molecular formula is C15H28N2O. The molecule has 0 aromatic heterocycles. The highest BCUT2D eigenvalue weighted by atomic mass is 16.2. The summed E-state index contributed by atoms with van der Waals surface area (Å²) in [6, 6.07) is 0. The first-order valence-electron chi connectivity index (χ1n) is 7.52. The molecule has 0 bridgehead atoms. The molecule has 2 N–H and O–H groups in total. The van der Waals surface area contributed by atoms with E-state index in [1.165, 1.54) is 12.8 Å². The zero-order valence-corrected chi connectivity index (χ0v) is 12.0. The third-order valence-electron chi connectivity index (χ3n) is 4.96. The molecule has 1 saturated heterocycles. The molecule has 2 unspecified atom stereocenters. The molecule has 2 fully saturated rings. The van der Waals surface area contributed by atoms with Gasteiger partial charge in [-0.2, -0.15) is 0 Å². The summed E-state index contributed by atoms with van der Waals surface area (Å²) in [5.74, 6) is 1.03. The van der Waals surface area contributed by atoms with Crippen LogP contribution in [0.2, 0.25) is 0 Å². The van der Waals surface area contributed by atoms with Gasteiger partial charge >= 0.3 is 0 Å². The Bertz CT molecular complexity index is 291. The first-order valence-corrected chi connectivity index (χ1v) is 7.52. The minimum Gasteiger partial charge on any atom is -0.342 e. The van der Waals surface area contributed by atoms with Crippen molar-refractivity contribution in [2.45, 2.75) is 52.4 Å². The van der Waals surface area contributed by atoms with Gasteiger partial charge in [0.1, 0.15) is 0 Å². The van der Waals surface area contributed by atoms with E-state index in [-0.39, 0.29) is 5.92 Å². The number of rotatable bonds is 2. The van der Waals surface area contributed by atoms with Crippen molar-refractivity contribution in [1.82, 2.24) is 4.90 Å². The third-order valence-corrected chi connectivity index (χ3v) is 4.96. The van der Waals surface area contributed by atoms with Crippen LogP contribution < -0.4 is 5.73 Å². The molecular weight excluding hydrogens is 224 g/mol. The summed E-state index contributed by atoms with van der Waals surface area (Å²) >= 11 is 0. The summed E-state index contributed by atoms with van der Waals surface area (Å²) in [7, 11) is 0. The highest BCUT2D eigenvalue weighted by molar-refractivity contribution is 5.79. The van der Waals surface area contributed by atoms with Gasteiger partial charge in [-0.3, -0.25) is 4.79 Å². The maximum Gasteiger partial charge on any atom is 0.226 e. The van der Waals surface area contributed by atoms with Gasteiger partial charge in [-0.05, 0) is 43.6 Å². The lowest BCUT2D eigenvalue weighted by Gasteiger charge is -2.40. The highest BCUT2D eigenvalue weighted by Crippen LogP contribution is 2.34. The molecule has 2 aliphatic rings. The van der Waals surface area contributed by atoms with Crippen molar-refractivity contribution in [3.63, 3.8) is 0 Å². The van der Waals surface area contributed by atoms with Crippen molar-refractivity contribution in [1.29, 1.82) is 0 Å². The van der Waals surface area contributed by atoms with Gasteiger partial charge in [0, 0.05) is 19.0 Å². The Hall–Kier alpha value is -0.570. The molecule has 18 heavy (non-hydrogen) atoms. The van der Waals surface area contributed by atoms with Gasteiger partial charge in [-0.15, -0.1) is 0 Å². The maximum atomic E-state index is 12.6. The highest BCUT2D eigenvalue weighted by Gasteiger charge is 2.35. The smallest absolute Gasteiger partial charge is 0.226 e. The molecule has 0 radical (unpaired) electrons. The first-order chi connectivity index (χ1) is 8.53. The number of nitrogens with zero attached hydrogens (tertiary/aromatic N) is 1. The third kappa shape index (κ3) is 3.05. The van der Waals surface area contributed by atoms with Crippen LogP contribution >= 0.6 is 0 Å². The number of carbonyl (C=O) groups excluding carboxylic acids is 1. The molecule has 0 aromatic carbocycles. The van der Waals surface area contributed by atoms with Crippen LogP contribution in [0.4, 0.5) is 0 Å². The average Bonchev–Trinajstić information content (AvgIpc) is 2.38. The molecule has 104 valence electrons. The van der Waals surface area contributed by atoms with Crippen molar-refractivity contribution >= 4 is 5.91 Å². The molecule has 1 amide bonds. The molecule has 1 aliphatic heterocycles. The predicted molar refractivity (Wildman–Crippen MR) is 74.1 cm³/mol. The van der Waals surface area contributed by atoms with E-state index in [4.69, 9.17) is 5.73 Å². The number of likely N-dealkylation sites (tertiary alicyclic amines) is 1. The van der Waals surface area contributed by atoms with Gasteiger partial charge in [0.25, 0.3) is 0 Å². The second kappa shape index (κ2) is 5.60. The van der Waals surface area contributed by atoms with E-state index in [9.17, 15) is 4.79 Å². The van der Waals surface area contributed by atoms with Crippen LogP contribution in [0.3, 0.4) is 0 Å². The van der Waals surface area contributed by atoms with E-state index in [2.05, 4.69) is 18.7 Å². The Labute approximate surface area is 111 Å². The monoisotopic (exact) mass is 252 g/mol. The Balaban J connectivity index is 1.94. The van der Waals surface area contributed by atoms with E-state index in [1.807, 2.05) is 0 Å². The SMILES string of the molecule is CC1(C)CCN(C(=O)C2CCCCC2CN)CC1. The maximum absolute atomic E-state index is 12.6. The largest absolute Gasteiger partial charge is 0.342 e. The standard InChI is InChI=1S/C15H28N2O/c1-15(2)7-9-17(10-8-15)14(18)13-6-4-3-5-12(13)11-16/h12-13H,3-11,16H2,1-2H3. The van der Waals surface area contributed by atoms with Crippen LogP contribution in [0.25, 0.3) is 0 Å². The Morgan fingerprint density at radius 2 is 1.83 bits per heavy atom. The molecule has 2 atom stereocenters.